The zero-order chi connectivity index (χ0) is 19.4. The van der Waals surface area contributed by atoms with Gasteiger partial charge in [-0.05, 0) is 43.5 Å². The highest BCUT2D eigenvalue weighted by molar-refractivity contribution is 8.15. The van der Waals surface area contributed by atoms with Crippen LogP contribution in [0.3, 0.4) is 0 Å². The van der Waals surface area contributed by atoms with Gasteiger partial charge in [-0.2, -0.15) is 5.10 Å². The summed E-state index contributed by atoms with van der Waals surface area (Å²) in [4.78, 5) is 22.4. The van der Waals surface area contributed by atoms with Crippen molar-refractivity contribution in [1.29, 1.82) is 0 Å². The summed E-state index contributed by atoms with van der Waals surface area (Å²) in [5.74, 6) is -0.0801. The standard InChI is InChI=1S/C19H18N4O3S/c1-12-4-3-5-14(10-12)11-17-18(24)20-19(27-17)22-21-13(2)15-6-8-16(9-7-15)23(25)26/h3-10,17H,11H2,1-2H3,(H,20,22,24)/b21-13-/t17-/m1/s1. The van der Waals surface area contributed by atoms with Crippen molar-refractivity contribution < 1.29 is 9.72 Å². The third-order valence-corrected chi connectivity index (χ3v) is 5.14. The summed E-state index contributed by atoms with van der Waals surface area (Å²) in [6.45, 7) is 3.78. The van der Waals surface area contributed by atoms with E-state index in [4.69, 9.17) is 0 Å². The highest BCUT2D eigenvalue weighted by Gasteiger charge is 2.30. The Morgan fingerprint density at radius 3 is 2.67 bits per heavy atom. The molecule has 0 radical (unpaired) electrons. The molecule has 3 rings (SSSR count). The molecule has 0 aliphatic carbocycles. The van der Waals surface area contributed by atoms with E-state index < -0.39 is 4.92 Å². The van der Waals surface area contributed by atoms with Gasteiger partial charge in [-0.25, -0.2) is 0 Å². The van der Waals surface area contributed by atoms with E-state index in [-0.39, 0.29) is 16.8 Å². The average molecular weight is 382 g/mol. The third-order valence-electron chi connectivity index (χ3n) is 4.07. The predicted octanol–water partition coefficient (Wildman–Crippen LogP) is 3.46. The van der Waals surface area contributed by atoms with Crippen LogP contribution in [0, 0.1) is 17.0 Å². The number of thioether (sulfide) groups is 1. The Kier molecular flexibility index (Phi) is 5.66. The minimum Gasteiger partial charge on any atom is -0.303 e. The van der Waals surface area contributed by atoms with E-state index in [1.807, 2.05) is 25.1 Å². The van der Waals surface area contributed by atoms with Crippen molar-refractivity contribution in [2.45, 2.75) is 25.5 Å². The second kappa shape index (κ2) is 8.13. The van der Waals surface area contributed by atoms with Crippen molar-refractivity contribution >= 4 is 34.2 Å². The minimum absolute atomic E-state index is 0.0236. The van der Waals surface area contributed by atoms with Gasteiger partial charge < -0.3 is 5.32 Å². The zero-order valence-corrected chi connectivity index (χ0v) is 15.7. The molecule has 0 aromatic heterocycles. The second-order valence-electron chi connectivity index (χ2n) is 6.18. The summed E-state index contributed by atoms with van der Waals surface area (Å²) in [6.07, 6.45) is 0.627. The van der Waals surface area contributed by atoms with E-state index in [9.17, 15) is 14.9 Å². The molecule has 1 saturated heterocycles. The molecule has 1 atom stereocenters. The first-order valence-corrected chi connectivity index (χ1v) is 9.20. The number of nitro groups is 1. The average Bonchev–Trinajstić information content (AvgIpc) is 2.99. The summed E-state index contributed by atoms with van der Waals surface area (Å²) in [5.41, 5.74) is 3.63. The molecule has 1 fully saturated rings. The molecule has 2 aromatic rings. The highest BCUT2D eigenvalue weighted by Crippen LogP contribution is 2.24. The van der Waals surface area contributed by atoms with Gasteiger partial charge in [0.2, 0.25) is 5.91 Å². The molecule has 8 heteroatoms. The Balaban J connectivity index is 1.67. The van der Waals surface area contributed by atoms with E-state index in [1.54, 1.807) is 19.1 Å². The van der Waals surface area contributed by atoms with Crippen molar-refractivity contribution in [2.75, 3.05) is 0 Å². The molecule has 0 saturated carbocycles. The molecule has 0 unspecified atom stereocenters. The van der Waals surface area contributed by atoms with Crippen molar-refractivity contribution in [3.8, 4) is 0 Å². The third kappa shape index (κ3) is 4.79. The van der Waals surface area contributed by atoms with Gasteiger partial charge in [-0.1, -0.05) is 41.6 Å². The van der Waals surface area contributed by atoms with Crippen molar-refractivity contribution in [3.63, 3.8) is 0 Å². The van der Waals surface area contributed by atoms with Crippen LogP contribution in [0.25, 0.3) is 0 Å². The number of nitrogens with one attached hydrogen (secondary N) is 1. The van der Waals surface area contributed by atoms with Crippen molar-refractivity contribution in [3.05, 3.63) is 75.3 Å². The first-order chi connectivity index (χ1) is 12.9. The first-order valence-electron chi connectivity index (χ1n) is 8.32. The Morgan fingerprint density at radius 1 is 1.26 bits per heavy atom. The van der Waals surface area contributed by atoms with Crippen LogP contribution in [0.5, 0.6) is 0 Å². The second-order valence-corrected chi connectivity index (χ2v) is 7.37. The molecule has 0 bridgehead atoms. The topological polar surface area (TPSA) is 97.0 Å². The van der Waals surface area contributed by atoms with Crippen LogP contribution in [-0.2, 0) is 11.2 Å². The number of benzene rings is 2. The largest absolute Gasteiger partial charge is 0.303 e. The lowest BCUT2D eigenvalue weighted by Crippen LogP contribution is -2.26. The normalized spacial score (nSPS) is 18.6. The molecule has 27 heavy (non-hydrogen) atoms. The fourth-order valence-electron chi connectivity index (χ4n) is 2.64. The van der Waals surface area contributed by atoms with Gasteiger partial charge in [0.05, 0.1) is 15.9 Å². The summed E-state index contributed by atoms with van der Waals surface area (Å²) in [7, 11) is 0. The molecule has 0 spiro atoms. The van der Waals surface area contributed by atoms with Crippen LogP contribution in [0.1, 0.15) is 23.6 Å². The maximum absolute atomic E-state index is 12.2. The number of carbonyl (C=O) groups excluding carboxylic acids is 1. The van der Waals surface area contributed by atoms with E-state index >= 15 is 0 Å². The predicted molar refractivity (Wildman–Crippen MR) is 107 cm³/mol. The number of amidine groups is 1. The number of nitro benzene ring substituents is 1. The number of hydrogen-bond donors (Lipinski definition) is 1. The summed E-state index contributed by atoms with van der Waals surface area (Å²) in [5, 5.41) is 21.9. The summed E-state index contributed by atoms with van der Waals surface area (Å²) in [6, 6.07) is 14.2. The molecule has 1 amide bonds. The minimum atomic E-state index is -0.449. The number of aryl methyl sites for hydroxylation is 1. The van der Waals surface area contributed by atoms with Crippen LogP contribution >= 0.6 is 11.8 Å². The molecular weight excluding hydrogens is 364 g/mol. The van der Waals surface area contributed by atoms with Crippen LogP contribution in [-0.4, -0.2) is 27.0 Å². The Labute approximate surface area is 160 Å². The lowest BCUT2D eigenvalue weighted by Gasteiger charge is -2.05. The zero-order valence-electron chi connectivity index (χ0n) is 14.9. The number of amides is 1. The number of hydrogen-bond acceptors (Lipinski definition) is 6. The molecule has 2 aromatic carbocycles. The van der Waals surface area contributed by atoms with Gasteiger partial charge in [-0.15, -0.1) is 5.10 Å². The van der Waals surface area contributed by atoms with Gasteiger partial charge in [0.25, 0.3) is 5.69 Å². The quantitative estimate of drug-likeness (QED) is 0.486. The van der Waals surface area contributed by atoms with E-state index in [0.717, 1.165) is 16.7 Å². The van der Waals surface area contributed by atoms with Crippen molar-refractivity contribution in [1.82, 2.24) is 5.32 Å². The van der Waals surface area contributed by atoms with E-state index in [1.165, 1.54) is 23.9 Å². The van der Waals surface area contributed by atoms with Gasteiger partial charge in [0.1, 0.15) is 0 Å². The maximum atomic E-state index is 12.2. The molecule has 7 nitrogen and oxygen atoms in total. The maximum Gasteiger partial charge on any atom is 0.269 e. The smallest absolute Gasteiger partial charge is 0.269 e. The Morgan fingerprint density at radius 2 is 2.00 bits per heavy atom. The van der Waals surface area contributed by atoms with Gasteiger partial charge >= 0.3 is 0 Å². The molecule has 1 N–H and O–H groups in total. The molecular formula is C19H18N4O3S. The SMILES string of the molecule is C/C(=N/N=C1\NC(=O)[C@@H](Cc2cccc(C)c2)S1)c1ccc([N+](=O)[O-])cc1. The van der Waals surface area contributed by atoms with Gasteiger partial charge in [0, 0.05) is 12.1 Å². The molecule has 1 heterocycles. The van der Waals surface area contributed by atoms with Gasteiger partial charge in [-0.3, -0.25) is 14.9 Å². The number of rotatable bonds is 5. The fourth-order valence-corrected chi connectivity index (χ4v) is 3.60. The first kappa shape index (κ1) is 18.8. The Hall–Kier alpha value is -3.00. The lowest BCUT2D eigenvalue weighted by atomic mass is 10.1. The lowest BCUT2D eigenvalue weighted by molar-refractivity contribution is -0.384. The van der Waals surface area contributed by atoms with Crippen molar-refractivity contribution in [2.24, 2.45) is 10.2 Å². The van der Waals surface area contributed by atoms with E-state index in [2.05, 4.69) is 21.6 Å². The van der Waals surface area contributed by atoms with Crippen LogP contribution < -0.4 is 5.32 Å². The van der Waals surface area contributed by atoms with E-state index in [0.29, 0.717) is 17.3 Å². The number of carbonyl (C=O) groups is 1. The molecule has 138 valence electrons. The summed E-state index contributed by atoms with van der Waals surface area (Å²) >= 11 is 1.36. The molecule has 1 aliphatic heterocycles. The molecule has 1 aliphatic rings. The summed E-state index contributed by atoms with van der Waals surface area (Å²) < 4.78 is 0. The van der Waals surface area contributed by atoms with Gasteiger partial charge in [0.15, 0.2) is 5.17 Å². The highest BCUT2D eigenvalue weighted by atomic mass is 32.2. The van der Waals surface area contributed by atoms with Crippen LogP contribution in [0.2, 0.25) is 0 Å². The number of nitrogens with zero attached hydrogens (tertiary/aromatic N) is 3. The van der Waals surface area contributed by atoms with Crippen LogP contribution in [0.15, 0.2) is 58.7 Å². The Bertz CT molecular complexity index is 938. The fraction of sp³-hybridized carbons (Fsp3) is 0.211. The number of non-ortho nitro benzene ring substituents is 1. The van der Waals surface area contributed by atoms with Crippen LogP contribution in [0.4, 0.5) is 5.69 Å². The monoisotopic (exact) mass is 382 g/mol.